The molecule has 1 fully saturated rings. The molecule has 1 aliphatic rings. The van der Waals surface area contributed by atoms with E-state index in [1.54, 1.807) is 24.5 Å². The molecule has 31 heavy (non-hydrogen) atoms. The molecule has 0 unspecified atom stereocenters. The normalized spacial score (nSPS) is 14.5. The number of aliphatic imine (C=N–C) groups is 1. The van der Waals surface area contributed by atoms with Crippen LogP contribution in [0.2, 0.25) is 0 Å². The van der Waals surface area contributed by atoms with Crippen LogP contribution in [0, 0.1) is 0 Å². The standard InChI is InChI=1S/C22H30N4O3S.HI/c1-4-23-22(25-17-9-11-26(12-10-17)20-6-5-13-30-20)24-15-16-7-8-18(21(27)29-3)19(14-16)28-2;/h5-8,13-14,17H,4,9-12,15H2,1-3H3,(H2,23,24,25);1H. The number of anilines is 1. The molecule has 3 rings (SSSR count). The largest absolute Gasteiger partial charge is 0.496 e. The lowest BCUT2D eigenvalue weighted by atomic mass is 10.1. The monoisotopic (exact) mass is 558 g/mol. The van der Waals surface area contributed by atoms with Crippen molar-refractivity contribution < 1.29 is 14.3 Å². The molecule has 0 aliphatic carbocycles. The van der Waals surface area contributed by atoms with Crippen molar-refractivity contribution in [2.75, 3.05) is 38.8 Å². The second kappa shape index (κ2) is 12.7. The average molecular weight is 558 g/mol. The van der Waals surface area contributed by atoms with E-state index in [0.717, 1.165) is 44.0 Å². The van der Waals surface area contributed by atoms with Gasteiger partial charge in [0.05, 0.1) is 25.8 Å². The van der Waals surface area contributed by atoms with E-state index in [9.17, 15) is 4.79 Å². The number of thiophene rings is 1. The van der Waals surface area contributed by atoms with Crippen molar-refractivity contribution >= 4 is 52.2 Å². The van der Waals surface area contributed by atoms with Crippen molar-refractivity contribution in [2.24, 2.45) is 4.99 Å². The number of rotatable bonds is 7. The quantitative estimate of drug-likeness (QED) is 0.233. The Hall–Kier alpha value is -2.01. The molecule has 7 nitrogen and oxygen atoms in total. The topological polar surface area (TPSA) is 75.2 Å². The Kier molecular flexibility index (Phi) is 10.4. The van der Waals surface area contributed by atoms with Crippen molar-refractivity contribution in [1.82, 2.24) is 10.6 Å². The number of guanidine groups is 1. The van der Waals surface area contributed by atoms with Crippen molar-refractivity contribution in [1.29, 1.82) is 0 Å². The lowest BCUT2D eigenvalue weighted by Crippen LogP contribution is -2.48. The van der Waals surface area contributed by atoms with Crippen LogP contribution in [0.5, 0.6) is 5.75 Å². The van der Waals surface area contributed by atoms with Gasteiger partial charge in [-0.3, -0.25) is 0 Å². The van der Waals surface area contributed by atoms with Gasteiger partial charge in [0.2, 0.25) is 0 Å². The number of carbonyl (C=O) groups is 1. The molecule has 0 bridgehead atoms. The number of piperidine rings is 1. The number of benzene rings is 1. The number of nitrogens with one attached hydrogen (secondary N) is 2. The maximum absolute atomic E-state index is 11.8. The molecule has 1 aromatic heterocycles. The molecule has 2 aromatic rings. The van der Waals surface area contributed by atoms with E-state index >= 15 is 0 Å². The molecule has 0 saturated carbocycles. The van der Waals surface area contributed by atoms with Gasteiger partial charge in [0, 0.05) is 25.7 Å². The van der Waals surface area contributed by atoms with Gasteiger partial charge in [-0.15, -0.1) is 35.3 Å². The molecule has 1 saturated heterocycles. The Balaban J connectivity index is 0.00000341. The fourth-order valence-electron chi connectivity index (χ4n) is 3.49. The molecule has 1 aromatic carbocycles. The smallest absolute Gasteiger partial charge is 0.341 e. The second-order valence-corrected chi connectivity index (χ2v) is 8.00. The van der Waals surface area contributed by atoms with Crippen molar-refractivity contribution in [3.05, 3.63) is 46.8 Å². The maximum atomic E-state index is 11.8. The summed E-state index contributed by atoms with van der Waals surface area (Å²) in [6, 6.07) is 10.1. The van der Waals surface area contributed by atoms with Crippen LogP contribution >= 0.6 is 35.3 Å². The van der Waals surface area contributed by atoms with Crippen molar-refractivity contribution in [3.63, 3.8) is 0 Å². The maximum Gasteiger partial charge on any atom is 0.341 e. The lowest BCUT2D eigenvalue weighted by Gasteiger charge is -2.33. The van der Waals surface area contributed by atoms with Gasteiger partial charge >= 0.3 is 5.97 Å². The van der Waals surface area contributed by atoms with Crippen LogP contribution < -0.4 is 20.3 Å². The fraction of sp³-hybridized carbons (Fsp3) is 0.455. The molecular formula is C22H31IN4O3S. The number of carbonyl (C=O) groups excluding carboxylic acids is 1. The average Bonchev–Trinajstić information content (AvgIpc) is 3.32. The van der Waals surface area contributed by atoms with E-state index in [0.29, 0.717) is 23.9 Å². The highest BCUT2D eigenvalue weighted by Gasteiger charge is 2.20. The van der Waals surface area contributed by atoms with Crippen LogP contribution in [0.4, 0.5) is 5.00 Å². The Labute approximate surface area is 205 Å². The molecule has 2 heterocycles. The van der Waals surface area contributed by atoms with E-state index in [1.807, 2.05) is 12.1 Å². The highest BCUT2D eigenvalue weighted by Crippen LogP contribution is 2.25. The highest BCUT2D eigenvalue weighted by atomic mass is 127. The van der Waals surface area contributed by atoms with Gasteiger partial charge in [0.1, 0.15) is 11.3 Å². The van der Waals surface area contributed by atoms with Crippen LogP contribution in [-0.4, -0.2) is 51.8 Å². The van der Waals surface area contributed by atoms with E-state index in [4.69, 9.17) is 14.5 Å². The minimum Gasteiger partial charge on any atom is -0.496 e. The summed E-state index contributed by atoms with van der Waals surface area (Å²) in [5.41, 5.74) is 1.37. The Morgan fingerprint density at radius 3 is 2.65 bits per heavy atom. The number of hydrogen-bond acceptors (Lipinski definition) is 6. The third-order valence-corrected chi connectivity index (χ3v) is 6.02. The zero-order valence-electron chi connectivity index (χ0n) is 18.2. The SMILES string of the molecule is CCNC(=NCc1ccc(C(=O)OC)c(OC)c1)NC1CCN(c2cccs2)CC1.I. The third-order valence-electron chi connectivity index (χ3n) is 5.09. The van der Waals surface area contributed by atoms with Gasteiger partial charge in [-0.25, -0.2) is 9.79 Å². The predicted octanol–water partition coefficient (Wildman–Crippen LogP) is 3.89. The number of ether oxygens (including phenoxy) is 2. The Bertz CT molecular complexity index is 852. The Morgan fingerprint density at radius 2 is 2.03 bits per heavy atom. The van der Waals surface area contributed by atoms with Crippen molar-refractivity contribution in [2.45, 2.75) is 32.4 Å². The highest BCUT2D eigenvalue weighted by molar-refractivity contribution is 14.0. The third kappa shape index (κ3) is 6.99. The molecule has 9 heteroatoms. The van der Waals surface area contributed by atoms with Gasteiger partial charge in [-0.1, -0.05) is 6.07 Å². The van der Waals surface area contributed by atoms with Gasteiger partial charge in [0.15, 0.2) is 5.96 Å². The number of halogens is 1. The second-order valence-electron chi connectivity index (χ2n) is 7.08. The van der Waals surface area contributed by atoms with Crippen LogP contribution in [0.3, 0.4) is 0 Å². The van der Waals surface area contributed by atoms with E-state index in [2.05, 4.69) is 40.0 Å². The van der Waals surface area contributed by atoms with E-state index in [1.165, 1.54) is 12.1 Å². The summed E-state index contributed by atoms with van der Waals surface area (Å²) in [5.74, 6) is 0.891. The number of methoxy groups -OCH3 is 2. The van der Waals surface area contributed by atoms with E-state index < -0.39 is 5.97 Å². The summed E-state index contributed by atoms with van der Waals surface area (Å²) in [4.78, 5) is 19.0. The van der Waals surface area contributed by atoms with Crippen LogP contribution in [0.25, 0.3) is 0 Å². The Morgan fingerprint density at radius 1 is 1.26 bits per heavy atom. The van der Waals surface area contributed by atoms with Crippen LogP contribution in [0.15, 0.2) is 40.7 Å². The zero-order chi connectivity index (χ0) is 21.3. The minimum atomic E-state index is -0.411. The summed E-state index contributed by atoms with van der Waals surface area (Å²) >= 11 is 1.80. The lowest BCUT2D eigenvalue weighted by molar-refractivity contribution is 0.0597. The molecule has 0 spiro atoms. The first-order valence-corrected chi connectivity index (χ1v) is 11.1. The van der Waals surface area contributed by atoms with Gasteiger partial charge < -0.3 is 25.0 Å². The molecule has 0 atom stereocenters. The van der Waals surface area contributed by atoms with Crippen LogP contribution in [-0.2, 0) is 11.3 Å². The fourth-order valence-corrected chi connectivity index (χ4v) is 4.28. The van der Waals surface area contributed by atoms with Crippen LogP contribution in [0.1, 0.15) is 35.7 Å². The molecule has 0 amide bonds. The summed E-state index contributed by atoms with van der Waals surface area (Å²) in [6.45, 7) is 5.43. The molecule has 2 N–H and O–H groups in total. The summed E-state index contributed by atoms with van der Waals surface area (Å²) in [7, 11) is 2.91. The summed E-state index contributed by atoms with van der Waals surface area (Å²) < 4.78 is 10.1. The first-order valence-electron chi connectivity index (χ1n) is 10.2. The molecule has 1 aliphatic heterocycles. The van der Waals surface area contributed by atoms with Gasteiger partial charge in [-0.2, -0.15) is 0 Å². The first kappa shape index (κ1) is 25.3. The van der Waals surface area contributed by atoms with E-state index in [-0.39, 0.29) is 24.0 Å². The molecule has 0 radical (unpaired) electrons. The van der Waals surface area contributed by atoms with Gasteiger partial charge in [-0.05, 0) is 55.0 Å². The number of hydrogen-bond donors (Lipinski definition) is 2. The number of nitrogens with zero attached hydrogens (tertiary/aromatic N) is 2. The number of esters is 1. The predicted molar refractivity (Wildman–Crippen MR) is 137 cm³/mol. The van der Waals surface area contributed by atoms with Gasteiger partial charge in [0.25, 0.3) is 0 Å². The first-order chi connectivity index (χ1) is 14.6. The summed E-state index contributed by atoms with van der Waals surface area (Å²) in [5, 5.41) is 10.4. The zero-order valence-corrected chi connectivity index (χ0v) is 21.4. The van der Waals surface area contributed by atoms with Crippen molar-refractivity contribution in [3.8, 4) is 5.75 Å². The molecule has 170 valence electrons. The molecular weight excluding hydrogens is 527 g/mol. The minimum absolute atomic E-state index is 0. The summed E-state index contributed by atoms with van der Waals surface area (Å²) in [6.07, 6.45) is 2.15.